The standard InChI is InChI=1S/C22H32O3S/c1-14-6-7-17-13-26(24,25)21(18(17)11-14)12-16-5-4-10-22(3)19(15(2)23)8-9-20(16)22/h12,14,19-21H,4-11,13H2,1-3H3/t14-,19+,20-,21?,22+/m0/s1. The summed E-state index contributed by atoms with van der Waals surface area (Å²) >= 11 is 0. The van der Waals surface area contributed by atoms with E-state index in [2.05, 4.69) is 19.9 Å². The van der Waals surface area contributed by atoms with Crippen molar-refractivity contribution in [1.29, 1.82) is 0 Å². The molecular formula is C22H32O3S. The number of hydrogen-bond donors (Lipinski definition) is 0. The average Bonchev–Trinajstić information content (AvgIpc) is 3.02. The number of carbonyl (C=O) groups is 1. The van der Waals surface area contributed by atoms with Crippen LogP contribution in [0.4, 0.5) is 0 Å². The van der Waals surface area contributed by atoms with Gasteiger partial charge in [0.25, 0.3) is 0 Å². The van der Waals surface area contributed by atoms with E-state index in [0.29, 0.717) is 17.6 Å². The Labute approximate surface area is 158 Å². The van der Waals surface area contributed by atoms with Gasteiger partial charge in [-0.1, -0.05) is 31.1 Å². The van der Waals surface area contributed by atoms with Gasteiger partial charge >= 0.3 is 0 Å². The Bertz CT molecular complexity index is 788. The molecule has 144 valence electrons. The molecule has 0 radical (unpaired) electrons. The van der Waals surface area contributed by atoms with Crippen molar-refractivity contribution in [2.24, 2.45) is 23.2 Å². The first kappa shape index (κ1) is 18.5. The highest BCUT2D eigenvalue weighted by Gasteiger charge is 2.51. The number of Topliss-reactive ketones (excluding diaryl/α,β-unsaturated/α-hetero) is 1. The normalized spacial score (nSPS) is 43.4. The highest BCUT2D eigenvalue weighted by Crippen LogP contribution is 2.58. The lowest BCUT2D eigenvalue weighted by atomic mass is 9.62. The van der Waals surface area contributed by atoms with Gasteiger partial charge in [-0.15, -0.1) is 0 Å². The number of fused-ring (bicyclic) bond motifs is 1. The van der Waals surface area contributed by atoms with Crippen LogP contribution in [0.25, 0.3) is 0 Å². The maximum absolute atomic E-state index is 12.9. The molecule has 4 heteroatoms. The van der Waals surface area contributed by atoms with Crippen molar-refractivity contribution in [3.63, 3.8) is 0 Å². The summed E-state index contributed by atoms with van der Waals surface area (Å²) in [6, 6.07) is 0. The van der Waals surface area contributed by atoms with E-state index in [0.717, 1.165) is 51.4 Å². The fourth-order valence-corrected chi connectivity index (χ4v) is 8.61. The van der Waals surface area contributed by atoms with Crippen LogP contribution >= 0.6 is 0 Å². The van der Waals surface area contributed by atoms with E-state index in [-0.39, 0.29) is 22.3 Å². The van der Waals surface area contributed by atoms with Crippen molar-refractivity contribution >= 4 is 15.6 Å². The second-order valence-electron chi connectivity index (χ2n) is 9.60. The molecule has 5 atom stereocenters. The Balaban J connectivity index is 1.69. The molecule has 0 N–H and O–H groups in total. The third-order valence-corrected chi connectivity index (χ3v) is 9.83. The summed E-state index contributed by atoms with van der Waals surface area (Å²) in [5, 5.41) is -0.381. The van der Waals surface area contributed by atoms with Gasteiger partial charge in [0.05, 0.1) is 5.75 Å². The van der Waals surface area contributed by atoms with Crippen molar-refractivity contribution < 1.29 is 13.2 Å². The Morgan fingerprint density at radius 3 is 2.69 bits per heavy atom. The maximum Gasteiger partial charge on any atom is 0.164 e. The monoisotopic (exact) mass is 376 g/mol. The molecule has 1 heterocycles. The molecule has 0 aromatic rings. The lowest BCUT2D eigenvalue weighted by Gasteiger charge is -2.42. The smallest absolute Gasteiger partial charge is 0.164 e. The zero-order valence-electron chi connectivity index (χ0n) is 16.4. The van der Waals surface area contributed by atoms with Crippen LogP contribution in [-0.2, 0) is 14.6 Å². The highest BCUT2D eigenvalue weighted by molar-refractivity contribution is 7.92. The van der Waals surface area contributed by atoms with Crippen molar-refractivity contribution in [2.75, 3.05) is 5.75 Å². The summed E-state index contributed by atoms with van der Waals surface area (Å²) < 4.78 is 25.8. The molecule has 3 nitrogen and oxygen atoms in total. The van der Waals surface area contributed by atoms with Gasteiger partial charge < -0.3 is 0 Å². The molecule has 4 aliphatic rings. The third-order valence-electron chi connectivity index (χ3n) is 7.89. The first-order valence-electron chi connectivity index (χ1n) is 10.4. The molecule has 4 rings (SSSR count). The van der Waals surface area contributed by atoms with Crippen LogP contribution in [-0.4, -0.2) is 25.2 Å². The number of hydrogen-bond acceptors (Lipinski definition) is 3. The van der Waals surface area contributed by atoms with Crippen molar-refractivity contribution in [1.82, 2.24) is 0 Å². The number of sulfone groups is 1. The van der Waals surface area contributed by atoms with Crippen molar-refractivity contribution in [2.45, 2.75) is 77.4 Å². The molecule has 1 unspecified atom stereocenters. The second-order valence-corrected chi connectivity index (χ2v) is 11.7. The number of ketones is 1. The molecule has 26 heavy (non-hydrogen) atoms. The summed E-state index contributed by atoms with van der Waals surface area (Å²) in [5.41, 5.74) is 3.79. The third kappa shape index (κ3) is 2.83. The van der Waals surface area contributed by atoms with Gasteiger partial charge in [0.2, 0.25) is 0 Å². The summed E-state index contributed by atoms with van der Waals surface area (Å²) in [4.78, 5) is 12.2. The Kier molecular flexibility index (Phi) is 4.49. The molecule has 0 bridgehead atoms. The van der Waals surface area contributed by atoms with Gasteiger partial charge in [0.1, 0.15) is 11.0 Å². The molecule has 0 amide bonds. The zero-order chi connectivity index (χ0) is 18.7. The molecule has 0 saturated heterocycles. The molecular weight excluding hydrogens is 344 g/mol. The summed E-state index contributed by atoms with van der Waals surface area (Å²) in [5.74, 6) is 1.73. The van der Waals surface area contributed by atoms with Crippen LogP contribution in [0.15, 0.2) is 22.8 Å². The molecule has 3 aliphatic carbocycles. The average molecular weight is 377 g/mol. The van der Waals surface area contributed by atoms with Crippen LogP contribution < -0.4 is 0 Å². The maximum atomic E-state index is 12.9. The van der Waals surface area contributed by atoms with E-state index >= 15 is 0 Å². The van der Waals surface area contributed by atoms with Gasteiger partial charge in [-0.3, -0.25) is 4.79 Å². The SMILES string of the molecule is CC(=O)[C@H]1CC[C@H]2C(=CC3C4=C(CC[C@H](C)C4)CS3(=O)=O)CCC[C@]12C. The van der Waals surface area contributed by atoms with Crippen LogP contribution in [0, 0.1) is 23.2 Å². The lowest BCUT2D eigenvalue weighted by molar-refractivity contribution is -0.124. The Morgan fingerprint density at radius 1 is 1.19 bits per heavy atom. The van der Waals surface area contributed by atoms with E-state index in [4.69, 9.17) is 0 Å². The van der Waals surface area contributed by atoms with E-state index in [1.807, 2.05) is 0 Å². The highest BCUT2D eigenvalue weighted by atomic mass is 32.2. The largest absolute Gasteiger partial charge is 0.300 e. The van der Waals surface area contributed by atoms with E-state index in [1.54, 1.807) is 6.92 Å². The summed E-state index contributed by atoms with van der Waals surface area (Å²) in [6.45, 7) is 6.25. The van der Waals surface area contributed by atoms with Gasteiger partial charge in [0.15, 0.2) is 9.84 Å². The fourth-order valence-electron chi connectivity index (χ4n) is 6.54. The number of allylic oxidation sites excluding steroid dienone is 1. The topological polar surface area (TPSA) is 51.2 Å². The summed E-state index contributed by atoms with van der Waals surface area (Å²) in [7, 11) is -3.09. The molecule has 0 aromatic carbocycles. The van der Waals surface area contributed by atoms with Gasteiger partial charge in [0, 0.05) is 5.92 Å². The minimum atomic E-state index is -3.09. The second kappa shape index (κ2) is 6.32. The van der Waals surface area contributed by atoms with Gasteiger partial charge in [-0.25, -0.2) is 8.42 Å². The molecule has 2 fully saturated rings. The molecule has 2 saturated carbocycles. The predicted molar refractivity (Wildman–Crippen MR) is 105 cm³/mol. The van der Waals surface area contributed by atoms with Crippen LogP contribution in [0.5, 0.6) is 0 Å². The number of rotatable bonds is 2. The lowest BCUT2D eigenvalue weighted by Crippen LogP contribution is -2.36. The van der Waals surface area contributed by atoms with Crippen molar-refractivity contribution in [3.8, 4) is 0 Å². The minimum absolute atomic E-state index is 0.0371. The molecule has 0 spiro atoms. The van der Waals surface area contributed by atoms with Gasteiger partial charge in [-0.2, -0.15) is 0 Å². The van der Waals surface area contributed by atoms with E-state index in [9.17, 15) is 13.2 Å². The van der Waals surface area contributed by atoms with Crippen LogP contribution in [0.2, 0.25) is 0 Å². The first-order valence-corrected chi connectivity index (χ1v) is 12.1. The molecule has 0 aromatic heterocycles. The van der Waals surface area contributed by atoms with E-state index < -0.39 is 9.84 Å². The van der Waals surface area contributed by atoms with Gasteiger partial charge in [-0.05, 0) is 81.1 Å². The Morgan fingerprint density at radius 2 is 1.96 bits per heavy atom. The summed E-state index contributed by atoms with van der Waals surface area (Å²) in [6.07, 6.45) is 10.4. The number of carbonyl (C=O) groups excluding carboxylic acids is 1. The predicted octanol–water partition coefficient (Wildman–Crippen LogP) is 4.63. The van der Waals surface area contributed by atoms with Crippen LogP contribution in [0.1, 0.15) is 72.1 Å². The van der Waals surface area contributed by atoms with Crippen LogP contribution in [0.3, 0.4) is 0 Å². The fraction of sp³-hybridized carbons (Fsp3) is 0.773. The Hall–Kier alpha value is -0.900. The van der Waals surface area contributed by atoms with Crippen molar-refractivity contribution in [3.05, 3.63) is 22.8 Å². The quantitative estimate of drug-likeness (QED) is 0.660. The van der Waals surface area contributed by atoms with E-state index in [1.165, 1.54) is 16.7 Å². The first-order chi connectivity index (χ1) is 12.2. The zero-order valence-corrected chi connectivity index (χ0v) is 17.2. The minimum Gasteiger partial charge on any atom is -0.300 e. The molecule has 1 aliphatic heterocycles.